The highest BCUT2D eigenvalue weighted by molar-refractivity contribution is 5.80. The van der Waals surface area contributed by atoms with Crippen LogP contribution in [0.4, 0.5) is 0 Å². The molecule has 0 unspecified atom stereocenters. The third-order valence-electron chi connectivity index (χ3n) is 4.60. The molecule has 0 amide bonds. The first-order chi connectivity index (χ1) is 11.2. The summed E-state index contributed by atoms with van der Waals surface area (Å²) in [6, 6.07) is 8.29. The Morgan fingerprint density at radius 2 is 2.22 bits per heavy atom. The van der Waals surface area contributed by atoms with E-state index in [2.05, 4.69) is 33.4 Å². The molecule has 0 radical (unpaired) electrons. The Kier molecular flexibility index (Phi) is 3.63. The van der Waals surface area contributed by atoms with Crippen LogP contribution in [0.1, 0.15) is 17.2 Å². The van der Waals surface area contributed by atoms with Crippen molar-refractivity contribution in [1.82, 2.24) is 19.9 Å². The first-order valence-electron chi connectivity index (χ1n) is 7.81. The van der Waals surface area contributed by atoms with Crippen LogP contribution in [-0.2, 0) is 18.3 Å². The Morgan fingerprint density at radius 1 is 1.30 bits per heavy atom. The Hall–Kier alpha value is -2.18. The van der Waals surface area contributed by atoms with Crippen LogP contribution in [-0.4, -0.2) is 46.2 Å². The number of aromatic nitrogens is 3. The molecule has 1 fully saturated rings. The SMILES string of the molecule is CO[C@@H]1CN(Cc2cccc3ccoc23)C[C@H]1c1cn(C)nn1. The Morgan fingerprint density at radius 3 is 3.00 bits per heavy atom. The number of hydrogen-bond donors (Lipinski definition) is 0. The van der Waals surface area contributed by atoms with Crippen LogP contribution in [0, 0.1) is 0 Å². The minimum Gasteiger partial charge on any atom is -0.464 e. The summed E-state index contributed by atoms with van der Waals surface area (Å²) in [5.41, 5.74) is 3.18. The predicted molar refractivity (Wildman–Crippen MR) is 86.0 cm³/mol. The molecule has 0 aliphatic carbocycles. The van der Waals surface area contributed by atoms with E-state index in [4.69, 9.17) is 9.15 Å². The van der Waals surface area contributed by atoms with Gasteiger partial charge in [0.1, 0.15) is 5.58 Å². The van der Waals surface area contributed by atoms with E-state index in [1.54, 1.807) is 18.1 Å². The number of fused-ring (bicyclic) bond motifs is 1. The van der Waals surface area contributed by atoms with Gasteiger partial charge < -0.3 is 9.15 Å². The highest BCUT2D eigenvalue weighted by atomic mass is 16.5. The summed E-state index contributed by atoms with van der Waals surface area (Å²) in [7, 11) is 3.66. The largest absolute Gasteiger partial charge is 0.464 e. The van der Waals surface area contributed by atoms with Crippen molar-refractivity contribution in [3.8, 4) is 0 Å². The lowest BCUT2D eigenvalue weighted by atomic mass is 10.0. The first-order valence-corrected chi connectivity index (χ1v) is 7.81. The average Bonchev–Trinajstić information content (AvgIpc) is 3.26. The van der Waals surface area contributed by atoms with Crippen molar-refractivity contribution in [1.29, 1.82) is 0 Å². The molecule has 3 heterocycles. The Bertz CT molecular complexity index is 810. The smallest absolute Gasteiger partial charge is 0.138 e. The summed E-state index contributed by atoms with van der Waals surface area (Å²) in [4.78, 5) is 2.39. The van der Waals surface area contributed by atoms with Crippen LogP contribution in [0.5, 0.6) is 0 Å². The van der Waals surface area contributed by atoms with Gasteiger partial charge in [0.2, 0.25) is 0 Å². The van der Waals surface area contributed by atoms with Crippen molar-refractivity contribution in [2.75, 3.05) is 20.2 Å². The number of hydrogen-bond acceptors (Lipinski definition) is 5. The van der Waals surface area contributed by atoms with Gasteiger partial charge in [-0.1, -0.05) is 23.4 Å². The summed E-state index contributed by atoms with van der Waals surface area (Å²) in [5.74, 6) is 0.254. The molecule has 2 aromatic heterocycles. The number of nitrogens with zero attached hydrogens (tertiary/aromatic N) is 4. The summed E-state index contributed by atoms with van der Waals surface area (Å²) in [5, 5.41) is 9.47. The molecule has 23 heavy (non-hydrogen) atoms. The van der Waals surface area contributed by atoms with Crippen molar-refractivity contribution in [3.05, 3.63) is 48.0 Å². The monoisotopic (exact) mass is 312 g/mol. The minimum atomic E-state index is 0.141. The predicted octanol–water partition coefficient (Wildman–Crippen LogP) is 2.18. The van der Waals surface area contributed by atoms with Gasteiger partial charge in [0.15, 0.2) is 0 Å². The van der Waals surface area contributed by atoms with Crippen molar-refractivity contribution >= 4 is 11.0 Å². The van der Waals surface area contributed by atoms with Crippen molar-refractivity contribution < 1.29 is 9.15 Å². The van der Waals surface area contributed by atoms with Crippen LogP contribution in [0.2, 0.25) is 0 Å². The van der Waals surface area contributed by atoms with Gasteiger partial charge in [-0.05, 0) is 6.07 Å². The molecule has 2 atom stereocenters. The molecule has 1 saturated heterocycles. The fraction of sp³-hybridized carbons (Fsp3) is 0.412. The molecule has 1 aromatic carbocycles. The zero-order valence-electron chi connectivity index (χ0n) is 13.3. The fourth-order valence-corrected chi connectivity index (χ4v) is 3.46. The number of ether oxygens (including phenoxy) is 1. The van der Waals surface area contributed by atoms with E-state index in [-0.39, 0.29) is 12.0 Å². The molecule has 0 saturated carbocycles. The van der Waals surface area contributed by atoms with Crippen molar-refractivity contribution in [3.63, 3.8) is 0 Å². The number of likely N-dealkylation sites (tertiary alicyclic amines) is 1. The van der Waals surface area contributed by atoms with Gasteiger partial charge in [0, 0.05) is 56.9 Å². The summed E-state index contributed by atoms with van der Waals surface area (Å²) in [6.45, 7) is 2.64. The fourth-order valence-electron chi connectivity index (χ4n) is 3.46. The van der Waals surface area contributed by atoms with E-state index < -0.39 is 0 Å². The van der Waals surface area contributed by atoms with E-state index in [0.717, 1.165) is 36.3 Å². The van der Waals surface area contributed by atoms with Gasteiger partial charge in [0.05, 0.1) is 18.1 Å². The van der Waals surface area contributed by atoms with E-state index in [1.807, 2.05) is 19.3 Å². The van der Waals surface area contributed by atoms with Gasteiger partial charge in [-0.2, -0.15) is 0 Å². The van der Waals surface area contributed by atoms with Gasteiger partial charge in [-0.25, -0.2) is 0 Å². The second-order valence-corrected chi connectivity index (χ2v) is 6.15. The molecular formula is C17H20N4O2. The molecule has 6 heteroatoms. The molecule has 3 aromatic rings. The van der Waals surface area contributed by atoms with Crippen LogP contribution in [0.15, 0.2) is 41.1 Å². The number of aryl methyl sites for hydroxylation is 1. The third-order valence-corrected chi connectivity index (χ3v) is 4.60. The number of methoxy groups -OCH3 is 1. The molecule has 1 aliphatic heterocycles. The summed E-state index contributed by atoms with van der Waals surface area (Å²) < 4.78 is 13.1. The normalized spacial score (nSPS) is 22.2. The molecular weight excluding hydrogens is 292 g/mol. The van der Waals surface area contributed by atoms with E-state index in [1.165, 1.54) is 5.56 Å². The number of furan rings is 1. The average molecular weight is 312 g/mol. The lowest BCUT2D eigenvalue weighted by Gasteiger charge is -2.15. The maximum Gasteiger partial charge on any atom is 0.138 e. The summed E-state index contributed by atoms with van der Waals surface area (Å²) in [6.07, 6.45) is 3.87. The lowest BCUT2D eigenvalue weighted by Crippen LogP contribution is -2.22. The Labute approximate surface area is 134 Å². The first kappa shape index (κ1) is 14.4. The number of benzene rings is 1. The molecule has 120 valence electrons. The highest BCUT2D eigenvalue weighted by Gasteiger charge is 2.35. The van der Waals surface area contributed by atoms with Gasteiger partial charge in [-0.15, -0.1) is 5.10 Å². The van der Waals surface area contributed by atoms with E-state index in [9.17, 15) is 0 Å². The third kappa shape index (κ3) is 2.64. The van der Waals surface area contributed by atoms with Gasteiger partial charge >= 0.3 is 0 Å². The minimum absolute atomic E-state index is 0.141. The van der Waals surface area contributed by atoms with Crippen molar-refractivity contribution in [2.24, 2.45) is 7.05 Å². The standard InChI is InChI=1S/C17H20N4O2/c1-20-10-15(18-19-20)14-9-21(11-16(14)22-2)8-13-5-3-4-12-6-7-23-17(12)13/h3-7,10,14,16H,8-9,11H2,1-2H3/t14-,16+/m0/s1. The zero-order valence-corrected chi connectivity index (χ0v) is 13.3. The second kappa shape index (κ2) is 5.79. The van der Waals surface area contributed by atoms with Gasteiger partial charge in [-0.3, -0.25) is 9.58 Å². The molecule has 1 aliphatic rings. The second-order valence-electron chi connectivity index (χ2n) is 6.15. The number of para-hydroxylation sites is 1. The van der Waals surface area contributed by atoms with Crippen LogP contribution >= 0.6 is 0 Å². The molecule has 0 spiro atoms. The topological polar surface area (TPSA) is 56.3 Å². The van der Waals surface area contributed by atoms with Crippen LogP contribution < -0.4 is 0 Å². The molecule has 4 rings (SSSR count). The molecule has 6 nitrogen and oxygen atoms in total. The maximum absolute atomic E-state index is 5.69. The van der Waals surface area contributed by atoms with Gasteiger partial charge in [0.25, 0.3) is 0 Å². The van der Waals surface area contributed by atoms with E-state index >= 15 is 0 Å². The lowest BCUT2D eigenvalue weighted by molar-refractivity contribution is 0.0957. The molecule has 0 N–H and O–H groups in total. The van der Waals surface area contributed by atoms with Crippen LogP contribution in [0.25, 0.3) is 11.0 Å². The maximum atomic E-state index is 5.69. The van der Waals surface area contributed by atoms with Crippen molar-refractivity contribution in [2.45, 2.75) is 18.6 Å². The van der Waals surface area contributed by atoms with E-state index in [0.29, 0.717) is 0 Å². The van der Waals surface area contributed by atoms with Crippen LogP contribution in [0.3, 0.4) is 0 Å². The Balaban J connectivity index is 1.55. The zero-order chi connectivity index (χ0) is 15.8. The molecule has 0 bridgehead atoms. The highest BCUT2D eigenvalue weighted by Crippen LogP contribution is 2.30. The summed E-state index contributed by atoms with van der Waals surface area (Å²) >= 11 is 0. The quantitative estimate of drug-likeness (QED) is 0.739. The number of rotatable bonds is 4.